The summed E-state index contributed by atoms with van der Waals surface area (Å²) in [4.78, 5) is 30.8. The van der Waals surface area contributed by atoms with Gasteiger partial charge in [0.2, 0.25) is 11.8 Å². The number of carbonyl (C=O) groups is 2. The van der Waals surface area contributed by atoms with Crippen molar-refractivity contribution in [3.63, 3.8) is 0 Å². The molecule has 5 nitrogen and oxygen atoms in total. The summed E-state index contributed by atoms with van der Waals surface area (Å²) in [7, 11) is 0. The summed E-state index contributed by atoms with van der Waals surface area (Å²) in [5.41, 5.74) is 4.04. The maximum atomic E-state index is 12.5. The Morgan fingerprint density at radius 3 is 2.14 bits per heavy atom. The molecule has 1 aromatic heterocycles. The number of nitrogens with zero attached hydrogens (tertiary/aromatic N) is 2. The van der Waals surface area contributed by atoms with Crippen LogP contribution in [-0.2, 0) is 16.1 Å². The molecule has 0 atom stereocenters. The Balaban J connectivity index is 2.15. The number of pyridine rings is 1. The molecular weight excluding hydrogens is 350 g/mol. The quantitative estimate of drug-likeness (QED) is 0.738. The number of rotatable bonds is 8. The van der Waals surface area contributed by atoms with Gasteiger partial charge in [0, 0.05) is 26.1 Å². The lowest BCUT2D eigenvalue weighted by atomic mass is 9.91. The lowest BCUT2D eigenvalue weighted by Crippen LogP contribution is -2.35. The molecule has 1 N–H and O–H groups in total. The number of carbonyl (C=O) groups excluding carboxylic acids is 2. The van der Waals surface area contributed by atoms with E-state index in [0.29, 0.717) is 13.1 Å². The molecule has 0 spiro atoms. The van der Waals surface area contributed by atoms with Crippen molar-refractivity contribution in [2.24, 2.45) is 0 Å². The predicted molar refractivity (Wildman–Crippen MR) is 113 cm³/mol. The third-order valence-corrected chi connectivity index (χ3v) is 4.75. The molecule has 2 amide bonds. The van der Waals surface area contributed by atoms with Crippen LogP contribution in [0.25, 0.3) is 0 Å². The first-order valence-corrected chi connectivity index (χ1v) is 9.88. The van der Waals surface area contributed by atoms with Crippen molar-refractivity contribution in [2.75, 3.05) is 11.4 Å². The number of amides is 2. The fourth-order valence-electron chi connectivity index (χ4n) is 3.24. The third-order valence-electron chi connectivity index (χ3n) is 4.75. The first kappa shape index (κ1) is 21.6. The first-order chi connectivity index (χ1) is 13.3. The van der Waals surface area contributed by atoms with E-state index in [0.717, 1.165) is 22.5 Å². The smallest absolute Gasteiger partial charge is 0.223 e. The van der Waals surface area contributed by atoms with Crippen LogP contribution in [-0.4, -0.2) is 23.3 Å². The molecule has 2 aromatic rings. The fraction of sp³-hybridized carbons (Fsp3) is 0.435. The highest BCUT2D eigenvalue weighted by molar-refractivity contribution is 5.94. The molecule has 28 heavy (non-hydrogen) atoms. The molecule has 0 aliphatic rings. The molecule has 5 heteroatoms. The van der Waals surface area contributed by atoms with E-state index in [4.69, 9.17) is 0 Å². The Kier molecular flexibility index (Phi) is 7.73. The largest absolute Gasteiger partial charge is 0.350 e. The summed E-state index contributed by atoms with van der Waals surface area (Å²) in [6.45, 7) is 10.8. The fourth-order valence-corrected chi connectivity index (χ4v) is 3.24. The van der Waals surface area contributed by atoms with Crippen molar-refractivity contribution >= 4 is 17.5 Å². The number of para-hydroxylation sites is 1. The van der Waals surface area contributed by atoms with E-state index in [-0.39, 0.29) is 30.1 Å². The van der Waals surface area contributed by atoms with Gasteiger partial charge in [0.15, 0.2) is 0 Å². The van der Waals surface area contributed by atoms with Crippen molar-refractivity contribution in [2.45, 2.75) is 59.4 Å². The highest BCUT2D eigenvalue weighted by Gasteiger charge is 2.22. The normalized spacial score (nSPS) is 11.0. The number of benzene rings is 1. The first-order valence-electron chi connectivity index (χ1n) is 9.88. The van der Waals surface area contributed by atoms with Crippen LogP contribution >= 0.6 is 0 Å². The van der Waals surface area contributed by atoms with Crippen LogP contribution < -0.4 is 10.2 Å². The minimum atomic E-state index is -0.0926. The van der Waals surface area contributed by atoms with Crippen molar-refractivity contribution in [3.8, 4) is 0 Å². The second-order valence-corrected chi connectivity index (χ2v) is 7.61. The van der Waals surface area contributed by atoms with Gasteiger partial charge in [-0.05, 0) is 35.1 Å². The van der Waals surface area contributed by atoms with Gasteiger partial charge in [-0.2, -0.15) is 0 Å². The SMILES string of the molecule is CC(=O)N(CCC(=O)NCc1ccccn1)c1c(C(C)C)cccc1C(C)C. The topological polar surface area (TPSA) is 62.3 Å². The van der Waals surface area contributed by atoms with Gasteiger partial charge >= 0.3 is 0 Å². The number of hydrogen-bond donors (Lipinski definition) is 1. The van der Waals surface area contributed by atoms with Gasteiger partial charge in [-0.3, -0.25) is 14.6 Å². The molecular formula is C23H31N3O2. The number of nitrogens with one attached hydrogen (secondary N) is 1. The Hall–Kier alpha value is -2.69. The van der Waals surface area contributed by atoms with Gasteiger partial charge < -0.3 is 10.2 Å². The highest BCUT2D eigenvalue weighted by atomic mass is 16.2. The van der Waals surface area contributed by atoms with Crippen molar-refractivity contribution in [1.82, 2.24) is 10.3 Å². The zero-order valence-corrected chi connectivity index (χ0v) is 17.5. The Morgan fingerprint density at radius 1 is 1.00 bits per heavy atom. The van der Waals surface area contributed by atoms with Gasteiger partial charge in [0.25, 0.3) is 0 Å². The lowest BCUT2D eigenvalue weighted by molar-refractivity contribution is -0.121. The monoisotopic (exact) mass is 381 g/mol. The highest BCUT2D eigenvalue weighted by Crippen LogP contribution is 2.35. The van der Waals surface area contributed by atoms with E-state index in [1.165, 1.54) is 0 Å². The molecule has 1 aromatic carbocycles. The van der Waals surface area contributed by atoms with Crippen LogP contribution in [0.1, 0.15) is 69.7 Å². The van der Waals surface area contributed by atoms with Gasteiger partial charge in [0.05, 0.1) is 17.9 Å². The van der Waals surface area contributed by atoms with Crippen LogP contribution in [0, 0.1) is 0 Å². The minimum Gasteiger partial charge on any atom is -0.350 e. The van der Waals surface area contributed by atoms with Gasteiger partial charge in [0.1, 0.15) is 0 Å². The van der Waals surface area contributed by atoms with E-state index < -0.39 is 0 Å². The molecule has 0 unspecified atom stereocenters. The molecule has 0 fully saturated rings. The third kappa shape index (κ3) is 5.65. The summed E-state index contributed by atoms with van der Waals surface area (Å²) in [5.74, 6) is 0.430. The number of hydrogen-bond acceptors (Lipinski definition) is 3. The number of aromatic nitrogens is 1. The molecule has 1 heterocycles. The maximum Gasteiger partial charge on any atom is 0.223 e. The van der Waals surface area contributed by atoms with Crippen molar-refractivity contribution in [3.05, 3.63) is 59.4 Å². The Morgan fingerprint density at radius 2 is 1.64 bits per heavy atom. The average molecular weight is 382 g/mol. The van der Waals surface area contributed by atoms with Crippen LogP contribution in [0.2, 0.25) is 0 Å². The predicted octanol–water partition coefficient (Wildman–Crippen LogP) is 4.39. The van der Waals surface area contributed by atoms with Gasteiger partial charge in [-0.15, -0.1) is 0 Å². The molecule has 0 saturated carbocycles. The zero-order valence-electron chi connectivity index (χ0n) is 17.5. The van der Waals surface area contributed by atoms with Crippen molar-refractivity contribution in [1.29, 1.82) is 0 Å². The summed E-state index contributed by atoms with van der Waals surface area (Å²) in [6, 6.07) is 11.8. The van der Waals surface area contributed by atoms with Crippen LogP contribution in [0.15, 0.2) is 42.6 Å². The van der Waals surface area contributed by atoms with E-state index in [9.17, 15) is 9.59 Å². The second kappa shape index (κ2) is 10.0. The van der Waals surface area contributed by atoms with Crippen molar-refractivity contribution < 1.29 is 9.59 Å². The van der Waals surface area contributed by atoms with Gasteiger partial charge in [-0.25, -0.2) is 0 Å². The molecule has 0 radical (unpaired) electrons. The molecule has 0 aliphatic carbocycles. The van der Waals surface area contributed by atoms with E-state index in [1.807, 2.05) is 24.3 Å². The van der Waals surface area contributed by atoms with Crippen LogP contribution in [0.4, 0.5) is 5.69 Å². The zero-order chi connectivity index (χ0) is 20.7. The molecule has 0 saturated heterocycles. The minimum absolute atomic E-state index is 0.0486. The molecule has 0 aliphatic heterocycles. The van der Waals surface area contributed by atoms with Crippen LogP contribution in [0.5, 0.6) is 0 Å². The summed E-state index contributed by atoms with van der Waals surface area (Å²) >= 11 is 0. The summed E-state index contributed by atoms with van der Waals surface area (Å²) in [5, 5.41) is 2.88. The van der Waals surface area contributed by atoms with E-state index in [2.05, 4.69) is 50.1 Å². The van der Waals surface area contributed by atoms with Gasteiger partial charge in [-0.1, -0.05) is 52.0 Å². The Labute approximate surface area is 168 Å². The number of anilines is 1. The van der Waals surface area contributed by atoms with Crippen LogP contribution in [0.3, 0.4) is 0 Å². The lowest BCUT2D eigenvalue weighted by Gasteiger charge is -2.29. The van der Waals surface area contributed by atoms with E-state index in [1.54, 1.807) is 18.0 Å². The summed E-state index contributed by atoms with van der Waals surface area (Å²) in [6.07, 6.45) is 1.95. The molecule has 2 rings (SSSR count). The van der Waals surface area contributed by atoms with E-state index >= 15 is 0 Å². The molecule has 150 valence electrons. The second-order valence-electron chi connectivity index (χ2n) is 7.61. The maximum absolute atomic E-state index is 12.5. The Bertz CT molecular complexity index is 774. The average Bonchev–Trinajstić information content (AvgIpc) is 2.66. The molecule has 0 bridgehead atoms. The standard InChI is InChI=1S/C23H31N3O2/c1-16(2)20-10-8-11-21(17(3)4)23(20)26(18(5)27)14-12-22(28)25-15-19-9-6-7-13-24-19/h6-11,13,16-17H,12,14-15H2,1-5H3,(H,25,28). The summed E-state index contributed by atoms with van der Waals surface area (Å²) < 4.78 is 0.